The maximum absolute atomic E-state index is 12.5. The molecule has 6 nitrogen and oxygen atoms in total. The number of hydrogen-bond acceptors (Lipinski definition) is 4. The van der Waals surface area contributed by atoms with Gasteiger partial charge in [-0.1, -0.05) is 6.92 Å². The fraction of sp³-hybridized carbons (Fsp3) is 1.00. The Labute approximate surface area is 128 Å². The zero-order valence-corrected chi connectivity index (χ0v) is 14.0. The molecule has 2 N–H and O–H groups in total. The van der Waals surface area contributed by atoms with E-state index in [0.29, 0.717) is 25.6 Å². The van der Waals surface area contributed by atoms with Gasteiger partial charge in [0, 0.05) is 19.7 Å². The lowest BCUT2D eigenvalue weighted by Crippen LogP contribution is -2.51. The van der Waals surface area contributed by atoms with Gasteiger partial charge in [-0.15, -0.1) is 0 Å². The van der Waals surface area contributed by atoms with Crippen LogP contribution in [0.5, 0.6) is 0 Å². The summed E-state index contributed by atoms with van der Waals surface area (Å²) in [5, 5.41) is 3.40. The van der Waals surface area contributed by atoms with Crippen LogP contribution in [0.25, 0.3) is 0 Å². The molecule has 2 saturated heterocycles. The molecule has 124 valence electrons. The highest BCUT2D eigenvalue weighted by atomic mass is 32.2. The van der Waals surface area contributed by atoms with E-state index < -0.39 is 10.2 Å². The second-order valence-corrected chi connectivity index (χ2v) is 7.87. The lowest BCUT2D eigenvalue weighted by atomic mass is 10.00. The van der Waals surface area contributed by atoms with Gasteiger partial charge in [-0.25, -0.2) is 0 Å². The molecular formula is C14H29N3O3S. The van der Waals surface area contributed by atoms with Crippen molar-refractivity contribution < 1.29 is 13.2 Å². The average Bonchev–Trinajstić information content (AvgIpc) is 2.84. The van der Waals surface area contributed by atoms with Crippen LogP contribution in [-0.2, 0) is 14.9 Å². The van der Waals surface area contributed by atoms with E-state index in [1.54, 1.807) is 4.31 Å². The first kappa shape index (κ1) is 17.1. The highest BCUT2D eigenvalue weighted by Crippen LogP contribution is 2.20. The van der Waals surface area contributed by atoms with Gasteiger partial charge in [-0.2, -0.15) is 17.4 Å². The molecule has 2 aliphatic rings. The van der Waals surface area contributed by atoms with E-state index in [1.165, 1.54) is 0 Å². The molecule has 0 aliphatic carbocycles. The fourth-order valence-corrected chi connectivity index (χ4v) is 4.66. The van der Waals surface area contributed by atoms with Crippen molar-refractivity contribution in [3.05, 3.63) is 0 Å². The Balaban J connectivity index is 1.86. The Hall–Kier alpha value is -0.210. The average molecular weight is 319 g/mol. The molecule has 2 aliphatic heterocycles. The van der Waals surface area contributed by atoms with Gasteiger partial charge in [0.1, 0.15) is 0 Å². The number of ether oxygens (including phenoxy) is 1. The molecule has 3 atom stereocenters. The minimum absolute atomic E-state index is 0.0356. The lowest BCUT2D eigenvalue weighted by molar-refractivity contribution is 0.116. The first-order valence-electron chi connectivity index (χ1n) is 8.12. The SMILES string of the molecule is CCCNCC1CCCN(S(=O)(=O)NC2CCOC2C)C1. The summed E-state index contributed by atoms with van der Waals surface area (Å²) < 4.78 is 34.9. The van der Waals surface area contributed by atoms with E-state index in [9.17, 15) is 8.42 Å². The zero-order valence-electron chi connectivity index (χ0n) is 13.2. The summed E-state index contributed by atoms with van der Waals surface area (Å²) in [7, 11) is -3.39. The molecule has 0 aromatic heterocycles. The van der Waals surface area contributed by atoms with Crippen molar-refractivity contribution in [3.8, 4) is 0 Å². The van der Waals surface area contributed by atoms with Crippen LogP contribution in [0.1, 0.15) is 39.5 Å². The normalized spacial score (nSPS) is 31.6. The molecule has 2 fully saturated rings. The maximum atomic E-state index is 12.5. The van der Waals surface area contributed by atoms with Crippen LogP contribution in [0.2, 0.25) is 0 Å². The first-order valence-corrected chi connectivity index (χ1v) is 9.56. The molecule has 0 spiro atoms. The molecule has 0 saturated carbocycles. The second-order valence-electron chi connectivity index (χ2n) is 6.16. The van der Waals surface area contributed by atoms with Crippen LogP contribution in [0.3, 0.4) is 0 Å². The number of rotatable bonds is 7. The third kappa shape index (κ3) is 4.89. The van der Waals surface area contributed by atoms with E-state index in [1.807, 2.05) is 6.92 Å². The van der Waals surface area contributed by atoms with Crippen LogP contribution in [-0.4, -0.2) is 57.7 Å². The number of hydrogen-bond donors (Lipinski definition) is 2. The predicted molar refractivity (Wildman–Crippen MR) is 83.3 cm³/mol. The topological polar surface area (TPSA) is 70.7 Å². The van der Waals surface area contributed by atoms with E-state index in [4.69, 9.17) is 4.74 Å². The van der Waals surface area contributed by atoms with Gasteiger partial charge >= 0.3 is 0 Å². The number of piperidine rings is 1. The summed E-state index contributed by atoms with van der Waals surface area (Å²) in [5.41, 5.74) is 0. The van der Waals surface area contributed by atoms with Crippen LogP contribution in [0.4, 0.5) is 0 Å². The van der Waals surface area contributed by atoms with Gasteiger partial charge < -0.3 is 10.1 Å². The van der Waals surface area contributed by atoms with Crippen molar-refractivity contribution in [3.63, 3.8) is 0 Å². The molecule has 0 aromatic rings. The summed E-state index contributed by atoms with van der Waals surface area (Å²) in [5.74, 6) is 0.416. The Morgan fingerprint density at radius 1 is 1.33 bits per heavy atom. The predicted octanol–water partition coefficient (Wildman–Crippen LogP) is 0.710. The van der Waals surface area contributed by atoms with E-state index in [0.717, 1.165) is 38.8 Å². The summed E-state index contributed by atoms with van der Waals surface area (Å²) in [6.45, 7) is 7.85. The highest BCUT2D eigenvalue weighted by Gasteiger charge is 2.33. The van der Waals surface area contributed by atoms with Crippen LogP contribution >= 0.6 is 0 Å². The van der Waals surface area contributed by atoms with Gasteiger partial charge in [0.05, 0.1) is 12.1 Å². The quantitative estimate of drug-likeness (QED) is 0.678. The standard InChI is InChI=1S/C14H29N3O3S/c1-3-7-15-10-13-5-4-8-17(11-13)21(18,19)16-14-6-9-20-12(14)2/h12-16H,3-11H2,1-2H3. The van der Waals surface area contributed by atoms with Gasteiger partial charge in [-0.05, 0) is 51.6 Å². The van der Waals surface area contributed by atoms with Crippen molar-refractivity contribution >= 4 is 10.2 Å². The molecule has 21 heavy (non-hydrogen) atoms. The molecular weight excluding hydrogens is 290 g/mol. The van der Waals surface area contributed by atoms with Gasteiger partial charge in [0.15, 0.2) is 0 Å². The Morgan fingerprint density at radius 3 is 2.81 bits per heavy atom. The Kier molecular flexibility index (Phi) is 6.43. The summed E-state index contributed by atoms with van der Waals surface area (Å²) in [4.78, 5) is 0. The van der Waals surface area contributed by atoms with Crippen LogP contribution < -0.4 is 10.0 Å². The second kappa shape index (κ2) is 7.87. The molecule has 0 amide bonds. The van der Waals surface area contributed by atoms with Gasteiger partial charge in [0.2, 0.25) is 0 Å². The minimum atomic E-state index is -3.39. The maximum Gasteiger partial charge on any atom is 0.279 e. The van der Waals surface area contributed by atoms with Crippen LogP contribution in [0.15, 0.2) is 0 Å². The third-order valence-corrected chi connectivity index (χ3v) is 5.97. The van der Waals surface area contributed by atoms with E-state index in [-0.39, 0.29) is 12.1 Å². The number of nitrogens with one attached hydrogen (secondary N) is 2. The van der Waals surface area contributed by atoms with Crippen molar-refractivity contribution in [2.24, 2.45) is 5.92 Å². The summed E-state index contributed by atoms with van der Waals surface area (Å²) in [6, 6.07) is -0.0893. The smallest absolute Gasteiger partial charge is 0.279 e. The largest absolute Gasteiger partial charge is 0.377 e. The van der Waals surface area contributed by atoms with Crippen molar-refractivity contribution in [1.82, 2.24) is 14.3 Å². The summed E-state index contributed by atoms with van der Waals surface area (Å²) >= 11 is 0. The third-order valence-electron chi connectivity index (χ3n) is 4.36. The van der Waals surface area contributed by atoms with Crippen molar-refractivity contribution in [2.45, 2.75) is 51.7 Å². The summed E-state index contributed by atoms with van der Waals surface area (Å²) in [6.07, 6.45) is 3.87. The van der Waals surface area contributed by atoms with Crippen molar-refractivity contribution in [2.75, 3.05) is 32.8 Å². The molecule has 0 radical (unpaired) electrons. The Bertz CT molecular complexity index is 416. The minimum Gasteiger partial charge on any atom is -0.377 e. The van der Waals surface area contributed by atoms with Crippen molar-refractivity contribution in [1.29, 1.82) is 0 Å². The first-order chi connectivity index (χ1) is 10.0. The molecule has 3 unspecified atom stereocenters. The van der Waals surface area contributed by atoms with E-state index >= 15 is 0 Å². The molecule has 0 bridgehead atoms. The van der Waals surface area contributed by atoms with Gasteiger partial charge in [0.25, 0.3) is 10.2 Å². The lowest BCUT2D eigenvalue weighted by Gasteiger charge is -2.33. The Morgan fingerprint density at radius 2 is 2.14 bits per heavy atom. The molecule has 2 heterocycles. The molecule has 2 rings (SSSR count). The number of nitrogens with zero attached hydrogens (tertiary/aromatic N) is 1. The monoisotopic (exact) mass is 319 g/mol. The molecule has 0 aromatic carbocycles. The van der Waals surface area contributed by atoms with Gasteiger partial charge in [-0.3, -0.25) is 0 Å². The zero-order chi connectivity index (χ0) is 15.3. The molecule has 7 heteroatoms. The van der Waals surface area contributed by atoms with Crippen LogP contribution in [0, 0.1) is 5.92 Å². The highest BCUT2D eigenvalue weighted by molar-refractivity contribution is 7.87. The van der Waals surface area contributed by atoms with E-state index in [2.05, 4.69) is 17.0 Å². The fourth-order valence-electron chi connectivity index (χ4n) is 3.05.